The predicted octanol–water partition coefficient (Wildman–Crippen LogP) is 4.95. The van der Waals surface area contributed by atoms with Crippen LogP contribution in [0.4, 0.5) is 17.1 Å². The summed E-state index contributed by atoms with van der Waals surface area (Å²) in [5, 5.41) is 11.2. The highest BCUT2D eigenvalue weighted by Gasteiger charge is 2.64. The number of hydrogen-bond acceptors (Lipinski definition) is 7. The Labute approximate surface area is 231 Å². The van der Waals surface area contributed by atoms with Crippen molar-refractivity contribution in [1.82, 2.24) is 0 Å². The molecule has 3 heterocycles. The van der Waals surface area contributed by atoms with E-state index in [2.05, 4.69) is 15.9 Å². The van der Waals surface area contributed by atoms with E-state index in [9.17, 15) is 24.5 Å². The van der Waals surface area contributed by atoms with Crippen molar-refractivity contribution in [3.05, 3.63) is 98.0 Å². The van der Waals surface area contributed by atoms with E-state index < -0.39 is 40.7 Å². The van der Waals surface area contributed by atoms with E-state index in [1.807, 2.05) is 41.3 Å². The second kappa shape index (κ2) is 9.16. The molecule has 0 unspecified atom stereocenters. The first-order valence-electron chi connectivity index (χ1n) is 12.3. The normalized spacial score (nSPS) is 22.9. The van der Waals surface area contributed by atoms with Gasteiger partial charge in [-0.15, -0.1) is 0 Å². The number of amides is 2. The summed E-state index contributed by atoms with van der Waals surface area (Å²) in [4.78, 5) is 56.0. The number of rotatable bonds is 5. The molecule has 0 aliphatic carbocycles. The zero-order chi connectivity index (χ0) is 27.6. The molecule has 0 spiro atoms. The van der Waals surface area contributed by atoms with Gasteiger partial charge in [0.1, 0.15) is 11.8 Å². The van der Waals surface area contributed by atoms with Gasteiger partial charge >= 0.3 is 0 Å². The summed E-state index contributed by atoms with van der Waals surface area (Å²) in [6.45, 7) is 1.62. The van der Waals surface area contributed by atoms with Crippen LogP contribution in [0.3, 0.4) is 0 Å². The maximum absolute atomic E-state index is 14.2. The molecule has 10 heteroatoms. The largest absolute Gasteiger partial charge is 0.496 e. The zero-order valence-electron chi connectivity index (χ0n) is 20.9. The van der Waals surface area contributed by atoms with Crippen LogP contribution in [0.5, 0.6) is 5.75 Å². The van der Waals surface area contributed by atoms with Crippen LogP contribution >= 0.6 is 15.9 Å². The van der Waals surface area contributed by atoms with Crippen molar-refractivity contribution in [3.63, 3.8) is 0 Å². The number of imide groups is 1. The van der Waals surface area contributed by atoms with Crippen molar-refractivity contribution >= 4 is 56.7 Å². The summed E-state index contributed by atoms with van der Waals surface area (Å²) < 4.78 is 5.91. The van der Waals surface area contributed by atoms with E-state index in [0.29, 0.717) is 21.3 Å². The van der Waals surface area contributed by atoms with Crippen LogP contribution in [-0.2, 0) is 9.59 Å². The monoisotopic (exact) mass is 587 g/mol. The number of ketones is 1. The lowest BCUT2D eigenvalue weighted by molar-refractivity contribution is -0.384. The molecule has 0 saturated carbocycles. The Bertz CT molecular complexity index is 1620. The lowest BCUT2D eigenvalue weighted by Gasteiger charge is -2.36. The van der Waals surface area contributed by atoms with Crippen LogP contribution in [0.25, 0.3) is 6.08 Å². The summed E-state index contributed by atoms with van der Waals surface area (Å²) in [5.74, 6) is -2.38. The van der Waals surface area contributed by atoms with Crippen molar-refractivity contribution < 1.29 is 24.0 Å². The number of fused-ring (bicyclic) bond motifs is 5. The fourth-order valence-electron chi connectivity index (χ4n) is 6.05. The summed E-state index contributed by atoms with van der Waals surface area (Å²) in [5.41, 5.74) is 2.63. The highest BCUT2D eigenvalue weighted by atomic mass is 79.9. The van der Waals surface area contributed by atoms with Gasteiger partial charge in [-0.05, 0) is 64.3 Å². The molecule has 3 aromatic rings. The maximum Gasteiger partial charge on any atom is 0.269 e. The molecule has 3 aliphatic heterocycles. The number of carbonyl (C=O) groups is 3. The van der Waals surface area contributed by atoms with Gasteiger partial charge in [0, 0.05) is 23.4 Å². The van der Waals surface area contributed by atoms with Crippen LogP contribution in [0.15, 0.2) is 71.2 Å². The topological polar surface area (TPSA) is 110 Å². The summed E-state index contributed by atoms with van der Waals surface area (Å²) in [6, 6.07) is 15.2. The highest BCUT2D eigenvalue weighted by Crippen LogP contribution is 2.50. The minimum atomic E-state index is -0.943. The van der Waals surface area contributed by atoms with Gasteiger partial charge in [0.2, 0.25) is 11.8 Å². The molecule has 196 valence electrons. The van der Waals surface area contributed by atoms with Crippen LogP contribution in [-0.4, -0.2) is 41.7 Å². The SMILES string of the molecule is COc1ccc(C(=O)[C@@H]2[C@@H]3C(=O)N(c4ccc([N+](=O)[O-])cc4C)C(=O)[C@H]3[C@H]3C=Cc4ccccc4N32)cc1Br. The molecule has 9 nitrogen and oxygen atoms in total. The molecular formula is C29H22BrN3O6. The number of ether oxygens (including phenoxy) is 1. The number of nitrogens with zero attached hydrogens (tertiary/aromatic N) is 3. The van der Waals surface area contributed by atoms with E-state index in [-0.39, 0.29) is 17.2 Å². The highest BCUT2D eigenvalue weighted by molar-refractivity contribution is 9.10. The quantitative estimate of drug-likeness (QED) is 0.180. The van der Waals surface area contributed by atoms with E-state index in [1.165, 1.54) is 25.3 Å². The third kappa shape index (κ3) is 3.69. The molecule has 4 atom stereocenters. The first kappa shape index (κ1) is 25.0. The molecule has 39 heavy (non-hydrogen) atoms. The van der Waals surface area contributed by atoms with Gasteiger partial charge in [0.25, 0.3) is 5.69 Å². The molecule has 2 amide bonds. The fraction of sp³-hybridized carbons (Fsp3) is 0.207. The van der Waals surface area contributed by atoms with Gasteiger partial charge in [-0.2, -0.15) is 0 Å². The van der Waals surface area contributed by atoms with Crippen molar-refractivity contribution in [1.29, 1.82) is 0 Å². The Balaban J connectivity index is 1.48. The van der Waals surface area contributed by atoms with Gasteiger partial charge in [-0.3, -0.25) is 24.5 Å². The number of anilines is 2. The molecule has 0 aromatic heterocycles. The Morgan fingerprint density at radius 3 is 2.44 bits per heavy atom. The van der Waals surface area contributed by atoms with Gasteiger partial charge in [0.15, 0.2) is 5.78 Å². The van der Waals surface area contributed by atoms with Crippen molar-refractivity contribution in [2.45, 2.75) is 19.0 Å². The Morgan fingerprint density at radius 2 is 1.74 bits per heavy atom. The predicted molar refractivity (Wildman–Crippen MR) is 148 cm³/mol. The maximum atomic E-state index is 14.2. The van der Waals surface area contributed by atoms with Crippen molar-refractivity contribution in [3.8, 4) is 5.75 Å². The number of halogens is 1. The zero-order valence-corrected chi connectivity index (χ0v) is 22.5. The van der Waals surface area contributed by atoms with E-state index in [4.69, 9.17) is 4.74 Å². The summed E-state index contributed by atoms with van der Waals surface area (Å²) in [7, 11) is 1.53. The number of aryl methyl sites for hydroxylation is 1. The smallest absolute Gasteiger partial charge is 0.269 e. The van der Waals surface area contributed by atoms with Gasteiger partial charge in [-0.25, -0.2) is 4.90 Å². The lowest BCUT2D eigenvalue weighted by Crippen LogP contribution is -2.49. The number of carbonyl (C=O) groups excluding carboxylic acids is 3. The van der Waals surface area contributed by atoms with Gasteiger partial charge < -0.3 is 9.64 Å². The minimum absolute atomic E-state index is 0.133. The number of nitro benzene ring substituents is 1. The molecule has 0 N–H and O–H groups in total. The van der Waals surface area contributed by atoms with E-state index >= 15 is 0 Å². The van der Waals surface area contributed by atoms with Crippen molar-refractivity contribution in [2.24, 2.45) is 11.8 Å². The van der Waals surface area contributed by atoms with Crippen LogP contribution in [0, 0.1) is 28.9 Å². The first-order chi connectivity index (χ1) is 18.7. The number of para-hydroxylation sites is 1. The second-order valence-corrected chi connectivity index (χ2v) is 10.6. The van der Waals surface area contributed by atoms with Gasteiger partial charge in [0.05, 0.1) is 40.1 Å². The van der Waals surface area contributed by atoms with E-state index in [1.54, 1.807) is 25.1 Å². The molecule has 3 aliphatic rings. The molecule has 2 fully saturated rings. The minimum Gasteiger partial charge on any atom is -0.496 e. The Kier molecular flexibility index (Phi) is 5.87. The molecule has 2 saturated heterocycles. The third-order valence-corrected chi connectivity index (χ3v) is 8.37. The molecule has 0 radical (unpaired) electrons. The molecule has 6 rings (SSSR count). The Morgan fingerprint density at radius 1 is 1.00 bits per heavy atom. The van der Waals surface area contributed by atoms with Gasteiger partial charge in [-0.1, -0.05) is 30.4 Å². The third-order valence-electron chi connectivity index (χ3n) is 7.75. The molecular weight excluding hydrogens is 566 g/mol. The number of methoxy groups -OCH3 is 1. The van der Waals surface area contributed by atoms with Crippen molar-refractivity contribution in [2.75, 3.05) is 16.9 Å². The second-order valence-electron chi connectivity index (χ2n) is 9.77. The number of nitro groups is 1. The van der Waals surface area contributed by atoms with Crippen LogP contribution in [0.1, 0.15) is 21.5 Å². The molecule has 0 bridgehead atoms. The number of non-ortho nitro benzene ring substituents is 1. The number of hydrogen-bond donors (Lipinski definition) is 0. The summed E-state index contributed by atoms with van der Waals surface area (Å²) in [6.07, 6.45) is 3.80. The number of benzene rings is 3. The van der Waals surface area contributed by atoms with E-state index in [0.717, 1.165) is 16.2 Å². The van der Waals surface area contributed by atoms with Crippen LogP contribution in [0.2, 0.25) is 0 Å². The van der Waals surface area contributed by atoms with Crippen LogP contribution < -0.4 is 14.5 Å². The molecule has 3 aromatic carbocycles. The fourth-order valence-corrected chi connectivity index (χ4v) is 6.59. The number of Topliss-reactive ketones (excluding diaryl/α,β-unsaturated/α-hetero) is 1. The first-order valence-corrected chi connectivity index (χ1v) is 13.1. The summed E-state index contributed by atoms with van der Waals surface area (Å²) >= 11 is 3.44. The lowest BCUT2D eigenvalue weighted by atomic mass is 9.86. The Hall–Kier alpha value is -4.31. The standard InChI is InChI=1S/C29H22BrN3O6/c1-15-13-18(33(37)38)9-11-20(15)32-28(35)24-22-10-7-16-5-3-4-6-21(16)31(22)26(25(24)29(32)36)27(34)17-8-12-23(39-2)19(30)14-17/h3-14,22,24-26H,1-2H3/t22-,24+,25-,26+/m1/s1. The average Bonchev–Trinajstić information content (AvgIpc) is 3.40. The average molecular weight is 588 g/mol.